The molecule has 0 aromatic heterocycles. The van der Waals surface area contributed by atoms with Crippen molar-refractivity contribution < 1.29 is 78.9 Å². The van der Waals surface area contributed by atoms with Gasteiger partial charge in [0.15, 0.2) is 0 Å². The molecule has 0 atom stereocenters. The van der Waals surface area contributed by atoms with Crippen LogP contribution in [0.4, 0.5) is 0 Å². The number of benzene rings is 1. The Kier molecular flexibility index (Phi) is 32.0. The first-order chi connectivity index (χ1) is 14.1. The van der Waals surface area contributed by atoms with Crippen molar-refractivity contribution in [2.24, 2.45) is 0 Å². The predicted octanol–water partition coefficient (Wildman–Crippen LogP) is -1.17. The number of hydrogen-bond acceptors (Lipinski definition) is 4. The number of carboxylic acids is 2. The van der Waals surface area contributed by atoms with Gasteiger partial charge in [0.2, 0.25) is 0 Å². The molecule has 0 aliphatic carbocycles. The first kappa shape index (κ1) is 35.5. The summed E-state index contributed by atoms with van der Waals surface area (Å²) in [5.41, 5.74) is 0.220. The van der Waals surface area contributed by atoms with Gasteiger partial charge in [0.1, 0.15) is 0 Å². The minimum absolute atomic E-state index is 0. The number of carbonyl (C=O) groups is 2. The van der Waals surface area contributed by atoms with Crippen molar-refractivity contribution in [2.45, 2.75) is 96.8 Å². The van der Waals surface area contributed by atoms with Gasteiger partial charge in [-0.3, -0.25) is 0 Å². The van der Waals surface area contributed by atoms with E-state index in [9.17, 15) is 19.8 Å². The smallest absolute Gasteiger partial charge is 0.550 e. The van der Waals surface area contributed by atoms with Crippen LogP contribution in [0.15, 0.2) is 42.5 Å². The monoisotopic (exact) mass is 448 g/mol. The molecule has 0 bridgehead atoms. The van der Waals surface area contributed by atoms with E-state index in [1.165, 1.54) is 76.3 Å². The van der Waals surface area contributed by atoms with Crippen LogP contribution < -0.4 is 69.3 Å². The van der Waals surface area contributed by atoms with Gasteiger partial charge >= 0.3 is 59.1 Å². The molecule has 164 valence electrons. The van der Waals surface area contributed by atoms with Gasteiger partial charge in [-0.2, -0.15) is 0 Å². The van der Waals surface area contributed by atoms with E-state index in [1.54, 1.807) is 18.2 Å². The van der Waals surface area contributed by atoms with E-state index < -0.39 is 11.9 Å². The Hall–Kier alpha value is -0.1000. The minimum Gasteiger partial charge on any atom is -0.550 e. The Labute approximate surface area is 233 Å². The molecule has 0 fully saturated rings. The average Bonchev–Trinajstić information content (AvgIpc) is 2.72. The molecule has 4 nitrogen and oxygen atoms in total. The van der Waals surface area contributed by atoms with Crippen LogP contribution >= 0.6 is 0 Å². The summed E-state index contributed by atoms with van der Waals surface area (Å²) in [4.78, 5) is 20.3. The van der Waals surface area contributed by atoms with Crippen LogP contribution in [0.5, 0.6) is 0 Å². The first-order valence-corrected chi connectivity index (χ1v) is 11.2. The molecule has 0 spiro atoms. The molecule has 0 N–H and O–H groups in total. The predicted molar refractivity (Wildman–Crippen MR) is 115 cm³/mol. The maximum absolute atomic E-state index is 10.2. The number of hydrogen-bond donors (Lipinski definition) is 0. The molecular weight excluding hydrogens is 410 g/mol. The van der Waals surface area contributed by atoms with E-state index >= 15 is 0 Å². The number of aliphatic carboxylic acids is 1. The number of aromatic carboxylic acids is 1. The van der Waals surface area contributed by atoms with Gasteiger partial charge in [-0.05, 0) is 44.1 Å². The fourth-order valence-corrected chi connectivity index (χ4v) is 2.91. The molecule has 0 saturated heterocycles. The van der Waals surface area contributed by atoms with Crippen molar-refractivity contribution in [3.05, 3.63) is 48.0 Å². The summed E-state index contributed by atoms with van der Waals surface area (Å²) in [6, 6.07) is 8.06. The Morgan fingerprint density at radius 2 is 1.16 bits per heavy atom. The van der Waals surface area contributed by atoms with Gasteiger partial charge in [-0.15, -0.1) is 0 Å². The third-order valence-electron chi connectivity index (χ3n) is 4.65. The van der Waals surface area contributed by atoms with Crippen molar-refractivity contribution in [3.8, 4) is 0 Å². The second-order valence-electron chi connectivity index (χ2n) is 7.36. The SMILES string of the molecule is CCCCCCCC/C=C\CCCCCCCC(=O)[O-].O=C([O-])c1ccccc1.[Na+].[Na+]. The van der Waals surface area contributed by atoms with E-state index in [0.717, 1.165) is 19.3 Å². The van der Waals surface area contributed by atoms with Crippen LogP contribution in [0.25, 0.3) is 0 Å². The van der Waals surface area contributed by atoms with Crippen LogP contribution in [0, 0.1) is 0 Å². The normalized spacial score (nSPS) is 9.84. The summed E-state index contributed by atoms with van der Waals surface area (Å²) in [7, 11) is 0. The zero-order chi connectivity index (χ0) is 21.6. The number of carbonyl (C=O) groups excluding carboxylic acids is 2. The molecule has 1 rings (SSSR count). The van der Waals surface area contributed by atoms with Gasteiger partial charge in [-0.25, -0.2) is 0 Å². The van der Waals surface area contributed by atoms with Crippen LogP contribution in [0.2, 0.25) is 0 Å². The topological polar surface area (TPSA) is 80.3 Å². The third-order valence-corrected chi connectivity index (χ3v) is 4.65. The standard InChI is InChI=1S/C18H34O2.C7H6O2.2Na/c1-2-3-4-5-6-7-8-9-10-11-12-13-14-15-16-17-18(19)20;8-7(9)6-4-2-1-3-5-6;;/h9-10H,2-8,11-17H2,1H3,(H,19,20);1-5H,(H,8,9);;/q;;2*+1/p-2/b10-9-;;;. The van der Waals surface area contributed by atoms with Gasteiger partial charge in [0.05, 0.1) is 5.97 Å². The second-order valence-corrected chi connectivity index (χ2v) is 7.36. The first-order valence-electron chi connectivity index (χ1n) is 11.2. The molecule has 1 aromatic rings. The third kappa shape index (κ3) is 27.9. The summed E-state index contributed by atoms with van der Waals surface area (Å²) in [6.07, 6.45) is 20.9. The largest absolute Gasteiger partial charge is 1.00 e. The van der Waals surface area contributed by atoms with Crippen molar-refractivity contribution in [1.29, 1.82) is 0 Å². The molecule has 0 heterocycles. The quantitative estimate of drug-likeness (QED) is 0.181. The number of allylic oxidation sites excluding steroid dienone is 2. The summed E-state index contributed by atoms with van der Waals surface area (Å²) >= 11 is 0. The molecule has 1 aromatic carbocycles. The van der Waals surface area contributed by atoms with Crippen molar-refractivity contribution in [3.63, 3.8) is 0 Å². The van der Waals surface area contributed by atoms with Gasteiger partial charge in [0, 0.05) is 5.97 Å². The van der Waals surface area contributed by atoms with Crippen molar-refractivity contribution in [1.82, 2.24) is 0 Å². The summed E-state index contributed by atoms with van der Waals surface area (Å²) in [5, 5.41) is 20.3. The number of carboxylic acid groups (broad SMARTS) is 2. The molecule has 0 aliphatic heterocycles. The molecule has 0 radical (unpaired) electrons. The van der Waals surface area contributed by atoms with Crippen LogP contribution in [0.3, 0.4) is 0 Å². The zero-order valence-corrected chi connectivity index (χ0v) is 24.1. The molecule has 0 amide bonds. The Morgan fingerprint density at radius 1 is 0.710 bits per heavy atom. The van der Waals surface area contributed by atoms with Crippen LogP contribution in [-0.2, 0) is 4.79 Å². The zero-order valence-electron chi connectivity index (χ0n) is 20.1. The minimum atomic E-state index is -1.13. The van der Waals surface area contributed by atoms with E-state index in [1.807, 2.05) is 0 Å². The van der Waals surface area contributed by atoms with Gasteiger partial charge < -0.3 is 19.8 Å². The molecular formula is C25H38Na2O4. The van der Waals surface area contributed by atoms with Gasteiger partial charge in [-0.1, -0.05) is 101 Å². The summed E-state index contributed by atoms with van der Waals surface area (Å²) in [6.45, 7) is 2.26. The van der Waals surface area contributed by atoms with Crippen molar-refractivity contribution >= 4 is 11.9 Å². The molecule has 0 unspecified atom stereocenters. The van der Waals surface area contributed by atoms with E-state index in [-0.39, 0.29) is 71.1 Å². The van der Waals surface area contributed by atoms with Crippen LogP contribution in [0.1, 0.15) is 107 Å². The maximum atomic E-state index is 10.2. The van der Waals surface area contributed by atoms with E-state index in [2.05, 4.69) is 19.1 Å². The number of unbranched alkanes of at least 4 members (excludes halogenated alkanes) is 11. The molecule has 31 heavy (non-hydrogen) atoms. The van der Waals surface area contributed by atoms with Crippen molar-refractivity contribution in [2.75, 3.05) is 0 Å². The van der Waals surface area contributed by atoms with E-state index in [0.29, 0.717) is 0 Å². The maximum Gasteiger partial charge on any atom is 1.00 e. The van der Waals surface area contributed by atoms with Gasteiger partial charge in [0.25, 0.3) is 0 Å². The van der Waals surface area contributed by atoms with E-state index in [4.69, 9.17) is 0 Å². The Bertz CT molecular complexity index is 548. The average molecular weight is 449 g/mol. The Balaban J connectivity index is -0.000000598. The second kappa shape index (κ2) is 27.9. The molecule has 6 heteroatoms. The van der Waals surface area contributed by atoms with Crippen LogP contribution in [-0.4, -0.2) is 11.9 Å². The summed E-state index contributed by atoms with van der Waals surface area (Å²) < 4.78 is 0. The Morgan fingerprint density at radius 3 is 1.58 bits per heavy atom. The molecule has 0 saturated carbocycles. The number of rotatable bonds is 16. The summed E-state index contributed by atoms with van der Waals surface area (Å²) in [5.74, 6) is -2.04. The molecule has 0 aliphatic rings. The fraction of sp³-hybridized carbons (Fsp3) is 0.600. The fourth-order valence-electron chi connectivity index (χ4n) is 2.91.